The number of hydrogen-bond donors (Lipinski definition) is 1. The first-order valence-corrected chi connectivity index (χ1v) is 10.2. The lowest BCUT2D eigenvalue weighted by atomic mass is 9.99. The first-order valence-electron chi connectivity index (χ1n) is 9.86. The molecule has 2 aliphatic rings. The zero-order valence-electron chi connectivity index (χ0n) is 16.6. The number of rotatable bonds is 5. The van der Waals surface area contributed by atoms with Gasteiger partial charge in [-0.3, -0.25) is 14.5 Å². The van der Waals surface area contributed by atoms with Crippen molar-refractivity contribution in [2.45, 2.75) is 13.0 Å². The maximum atomic E-state index is 12.9. The van der Waals surface area contributed by atoms with Crippen molar-refractivity contribution in [1.29, 1.82) is 0 Å². The second-order valence-electron chi connectivity index (χ2n) is 7.40. The number of ether oxygens (including phenoxy) is 1. The summed E-state index contributed by atoms with van der Waals surface area (Å²) in [7, 11) is 0. The SMILES string of the molecule is Cc1ccc(C2/C(=C(/O)c3ccc(Cl)cc3)C(=O)C(=O)N2CCN2CCOCC2)o1. The molecule has 0 bridgehead atoms. The largest absolute Gasteiger partial charge is 0.507 e. The van der Waals surface area contributed by atoms with Gasteiger partial charge in [-0.15, -0.1) is 0 Å². The van der Waals surface area contributed by atoms with Gasteiger partial charge in [-0.1, -0.05) is 11.6 Å². The molecule has 3 heterocycles. The molecule has 4 rings (SSSR count). The number of furan rings is 1. The van der Waals surface area contributed by atoms with Crippen LogP contribution in [-0.4, -0.2) is 66.0 Å². The van der Waals surface area contributed by atoms with E-state index in [1.165, 1.54) is 4.90 Å². The number of likely N-dealkylation sites (tertiary alicyclic amines) is 1. The van der Waals surface area contributed by atoms with E-state index in [0.29, 0.717) is 48.4 Å². The van der Waals surface area contributed by atoms with Crippen LogP contribution in [-0.2, 0) is 14.3 Å². The third-order valence-corrected chi connectivity index (χ3v) is 5.70. The van der Waals surface area contributed by atoms with Crippen molar-refractivity contribution in [3.63, 3.8) is 0 Å². The Morgan fingerprint density at radius 2 is 1.80 bits per heavy atom. The summed E-state index contributed by atoms with van der Waals surface area (Å²) in [5, 5.41) is 11.5. The molecule has 2 aliphatic heterocycles. The van der Waals surface area contributed by atoms with Crippen molar-refractivity contribution in [1.82, 2.24) is 9.80 Å². The van der Waals surface area contributed by atoms with Crippen LogP contribution in [0.5, 0.6) is 0 Å². The number of hydrogen-bond acceptors (Lipinski definition) is 6. The summed E-state index contributed by atoms with van der Waals surface area (Å²) in [4.78, 5) is 29.5. The molecule has 2 saturated heterocycles. The van der Waals surface area contributed by atoms with E-state index in [0.717, 1.165) is 13.1 Å². The summed E-state index contributed by atoms with van der Waals surface area (Å²) >= 11 is 5.94. The number of nitrogens with zero attached hydrogens (tertiary/aromatic N) is 2. The van der Waals surface area contributed by atoms with Crippen molar-refractivity contribution in [3.8, 4) is 0 Å². The van der Waals surface area contributed by atoms with Gasteiger partial charge in [0.15, 0.2) is 0 Å². The van der Waals surface area contributed by atoms with Crippen LogP contribution in [0.1, 0.15) is 23.1 Å². The van der Waals surface area contributed by atoms with E-state index in [4.69, 9.17) is 20.8 Å². The van der Waals surface area contributed by atoms with E-state index in [9.17, 15) is 14.7 Å². The van der Waals surface area contributed by atoms with Gasteiger partial charge in [0.1, 0.15) is 23.3 Å². The van der Waals surface area contributed by atoms with Crippen LogP contribution in [0.2, 0.25) is 5.02 Å². The Kier molecular flexibility index (Phi) is 5.94. The van der Waals surface area contributed by atoms with Crippen molar-refractivity contribution in [2.75, 3.05) is 39.4 Å². The van der Waals surface area contributed by atoms with Gasteiger partial charge < -0.3 is 19.2 Å². The fourth-order valence-corrected chi connectivity index (χ4v) is 3.97. The number of aliphatic hydroxyl groups excluding tert-OH is 1. The lowest BCUT2D eigenvalue weighted by Gasteiger charge is -2.30. The number of aliphatic hydroxyl groups is 1. The van der Waals surface area contributed by atoms with Crippen LogP contribution in [0.15, 0.2) is 46.4 Å². The predicted molar refractivity (Wildman–Crippen MR) is 111 cm³/mol. The summed E-state index contributed by atoms with van der Waals surface area (Å²) in [5.41, 5.74) is 0.442. The molecule has 1 aromatic heterocycles. The maximum Gasteiger partial charge on any atom is 0.295 e. The van der Waals surface area contributed by atoms with E-state index >= 15 is 0 Å². The molecule has 1 aromatic carbocycles. The van der Waals surface area contributed by atoms with Crippen LogP contribution in [0, 0.1) is 6.92 Å². The summed E-state index contributed by atoms with van der Waals surface area (Å²) in [5.74, 6) is -0.487. The van der Waals surface area contributed by atoms with E-state index in [-0.39, 0.29) is 11.3 Å². The quantitative estimate of drug-likeness (QED) is 0.446. The van der Waals surface area contributed by atoms with Crippen molar-refractivity contribution in [2.24, 2.45) is 0 Å². The van der Waals surface area contributed by atoms with E-state index in [1.807, 2.05) is 0 Å². The van der Waals surface area contributed by atoms with Crippen molar-refractivity contribution < 1.29 is 23.8 Å². The average Bonchev–Trinajstić information content (AvgIpc) is 3.28. The summed E-state index contributed by atoms with van der Waals surface area (Å²) in [6.45, 7) is 5.59. The van der Waals surface area contributed by atoms with Gasteiger partial charge in [0.2, 0.25) is 0 Å². The van der Waals surface area contributed by atoms with Gasteiger partial charge in [-0.05, 0) is 43.3 Å². The van der Waals surface area contributed by atoms with Crippen LogP contribution in [0.4, 0.5) is 0 Å². The molecular weight excluding hydrogens is 408 g/mol. The van der Waals surface area contributed by atoms with Crippen LogP contribution < -0.4 is 0 Å². The minimum absolute atomic E-state index is 0.0265. The second kappa shape index (κ2) is 8.63. The highest BCUT2D eigenvalue weighted by Crippen LogP contribution is 2.40. The zero-order valence-corrected chi connectivity index (χ0v) is 17.4. The Labute approximate surface area is 179 Å². The minimum Gasteiger partial charge on any atom is -0.507 e. The number of Topliss-reactive ketones (excluding diaryl/α,β-unsaturated/α-hetero) is 1. The molecule has 7 nitrogen and oxygen atoms in total. The first kappa shape index (κ1) is 20.7. The number of benzene rings is 1. The number of carbonyl (C=O) groups is 2. The lowest BCUT2D eigenvalue weighted by Crippen LogP contribution is -2.42. The molecule has 2 aromatic rings. The molecule has 1 N–H and O–H groups in total. The topological polar surface area (TPSA) is 83.2 Å². The molecular formula is C22H23ClN2O5. The third-order valence-electron chi connectivity index (χ3n) is 5.45. The molecule has 1 atom stereocenters. The first-order chi connectivity index (χ1) is 14.5. The van der Waals surface area contributed by atoms with E-state index in [1.54, 1.807) is 43.3 Å². The number of morpholine rings is 1. The Morgan fingerprint density at radius 3 is 2.43 bits per heavy atom. The summed E-state index contributed by atoms with van der Waals surface area (Å²) < 4.78 is 11.1. The normalized spacial score (nSPS) is 22.1. The Balaban J connectivity index is 1.70. The Morgan fingerprint density at radius 1 is 1.10 bits per heavy atom. The van der Waals surface area contributed by atoms with Gasteiger partial charge in [0.25, 0.3) is 11.7 Å². The predicted octanol–water partition coefficient (Wildman–Crippen LogP) is 3.00. The van der Waals surface area contributed by atoms with Crippen molar-refractivity contribution >= 4 is 29.1 Å². The maximum absolute atomic E-state index is 12.9. The van der Waals surface area contributed by atoms with Gasteiger partial charge in [-0.25, -0.2) is 0 Å². The highest BCUT2D eigenvalue weighted by atomic mass is 35.5. The van der Waals surface area contributed by atoms with E-state index < -0.39 is 17.7 Å². The van der Waals surface area contributed by atoms with Gasteiger partial charge >= 0.3 is 0 Å². The molecule has 1 unspecified atom stereocenters. The third kappa shape index (κ3) is 4.01. The smallest absolute Gasteiger partial charge is 0.295 e. The molecule has 0 spiro atoms. The van der Waals surface area contributed by atoms with Crippen LogP contribution >= 0.6 is 11.6 Å². The molecule has 0 saturated carbocycles. The fourth-order valence-electron chi connectivity index (χ4n) is 3.84. The van der Waals surface area contributed by atoms with Crippen LogP contribution in [0.3, 0.4) is 0 Å². The fraction of sp³-hybridized carbons (Fsp3) is 0.364. The van der Waals surface area contributed by atoms with Gasteiger partial charge in [0, 0.05) is 36.8 Å². The molecule has 8 heteroatoms. The monoisotopic (exact) mass is 430 g/mol. The minimum atomic E-state index is -0.782. The van der Waals surface area contributed by atoms with Crippen LogP contribution in [0.25, 0.3) is 5.76 Å². The molecule has 0 radical (unpaired) electrons. The molecule has 158 valence electrons. The standard InChI is InChI=1S/C22H23ClN2O5/c1-14-2-7-17(30-14)19-18(20(26)15-3-5-16(23)6-4-15)21(27)22(28)25(19)9-8-24-10-12-29-13-11-24/h2-7,19,26H,8-13H2,1H3/b20-18-. The second-order valence-corrected chi connectivity index (χ2v) is 7.84. The number of halogens is 1. The highest BCUT2D eigenvalue weighted by Gasteiger charge is 2.47. The average molecular weight is 431 g/mol. The molecule has 1 amide bonds. The number of amides is 1. The Bertz CT molecular complexity index is 976. The zero-order chi connectivity index (χ0) is 21.3. The highest BCUT2D eigenvalue weighted by molar-refractivity contribution is 6.46. The molecule has 2 fully saturated rings. The summed E-state index contributed by atoms with van der Waals surface area (Å²) in [6.07, 6.45) is 0. The van der Waals surface area contributed by atoms with Gasteiger partial charge in [-0.2, -0.15) is 0 Å². The van der Waals surface area contributed by atoms with E-state index in [2.05, 4.69) is 4.90 Å². The Hall–Kier alpha value is -2.61. The van der Waals surface area contributed by atoms with Crippen molar-refractivity contribution in [3.05, 3.63) is 64.1 Å². The summed E-state index contributed by atoms with van der Waals surface area (Å²) in [6, 6.07) is 9.21. The van der Waals surface area contributed by atoms with Gasteiger partial charge in [0.05, 0.1) is 18.8 Å². The number of carbonyl (C=O) groups excluding carboxylic acids is 2. The number of aryl methyl sites for hydroxylation is 1. The lowest BCUT2D eigenvalue weighted by molar-refractivity contribution is -0.140. The molecule has 30 heavy (non-hydrogen) atoms. The number of ketones is 1. The molecule has 0 aliphatic carbocycles.